The number of ether oxygens (including phenoxy) is 2. The number of carbonyl (C=O) groups is 4. The highest BCUT2D eigenvalue weighted by Crippen LogP contribution is 2.47. The number of esters is 2. The fourth-order valence-corrected chi connectivity index (χ4v) is 6.61. The van der Waals surface area contributed by atoms with Crippen molar-refractivity contribution in [2.24, 2.45) is 0 Å². The maximum atomic E-state index is 13.3. The molecule has 1 aromatic carbocycles. The number of hydrogen-bond acceptors (Lipinski definition) is 9. The lowest BCUT2D eigenvalue weighted by atomic mass is 10.2. The molecule has 3 heterocycles. The molecule has 2 aromatic rings. The van der Waals surface area contributed by atoms with Crippen molar-refractivity contribution in [3.63, 3.8) is 0 Å². The van der Waals surface area contributed by atoms with Crippen molar-refractivity contribution in [2.75, 3.05) is 23.9 Å². The Hall–Kier alpha value is -2.92. The topological polar surface area (TPSA) is 106 Å². The summed E-state index contributed by atoms with van der Waals surface area (Å²) in [5.74, 6) is -1.19. The normalized spacial score (nSPS) is 21.1. The highest BCUT2D eigenvalue weighted by atomic mass is 32.2. The second kappa shape index (κ2) is 10.4. The molecule has 186 valence electrons. The fraction of sp³-hybridized carbons (Fsp3) is 0.458. The molecule has 2 saturated heterocycles. The van der Waals surface area contributed by atoms with Crippen LogP contribution < -0.4 is 4.90 Å². The van der Waals surface area contributed by atoms with Gasteiger partial charge >= 0.3 is 11.9 Å². The molecule has 35 heavy (non-hydrogen) atoms. The average molecular weight is 518 g/mol. The van der Waals surface area contributed by atoms with E-state index in [-0.39, 0.29) is 19.1 Å². The Labute approximate surface area is 211 Å². The lowest BCUT2D eigenvalue weighted by Gasteiger charge is -2.29. The predicted molar refractivity (Wildman–Crippen MR) is 132 cm³/mol. The molecule has 0 spiro atoms. The summed E-state index contributed by atoms with van der Waals surface area (Å²) in [6.07, 6.45) is 1.10. The summed E-state index contributed by atoms with van der Waals surface area (Å²) in [4.78, 5) is 58.0. The summed E-state index contributed by atoms with van der Waals surface area (Å²) in [5.41, 5.74) is 1.31. The first-order chi connectivity index (χ1) is 16.7. The molecule has 2 amide bonds. The molecule has 0 unspecified atom stereocenters. The molecule has 2 fully saturated rings. The van der Waals surface area contributed by atoms with Gasteiger partial charge in [-0.25, -0.2) is 14.6 Å². The van der Waals surface area contributed by atoms with Crippen molar-refractivity contribution in [1.29, 1.82) is 0 Å². The van der Waals surface area contributed by atoms with Crippen LogP contribution in [0.4, 0.5) is 5.13 Å². The summed E-state index contributed by atoms with van der Waals surface area (Å²) in [6, 6.07) is 8.63. The lowest BCUT2D eigenvalue weighted by molar-refractivity contribution is -0.155. The van der Waals surface area contributed by atoms with Gasteiger partial charge in [-0.1, -0.05) is 41.7 Å². The van der Waals surface area contributed by atoms with Gasteiger partial charge in [0.2, 0.25) is 5.91 Å². The molecule has 0 N–H and O–H groups in total. The van der Waals surface area contributed by atoms with Crippen molar-refractivity contribution in [3.05, 3.63) is 46.5 Å². The van der Waals surface area contributed by atoms with Crippen LogP contribution in [0.5, 0.6) is 0 Å². The number of nitrogens with zero attached hydrogens (tertiary/aromatic N) is 3. The number of thioether (sulfide) groups is 1. The van der Waals surface area contributed by atoms with E-state index < -0.39 is 35.4 Å². The molecule has 9 nitrogen and oxygen atoms in total. The van der Waals surface area contributed by atoms with Gasteiger partial charge in [0, 0.05) is 12.2 Å². The SMILES string of the molecule is CCOC(=O)c1sc(N(Cc2ccccc2)C(=O)COC(=O)[C@H]2CS[C@@]3(C)CCC(=O)N23)nc1C. The average Bonchev–Trinajstić information content (AvgIpc) is 3.49. The Morgan fingerprint density at radius 3 is 2.69 bits per heavy atom. The van der Waals surface area contributed by atoms with E-state index in [2.05, 4.69) is 4.98 Å². The number of aromatic nitrogens is 1. The van der Waals surface area contributed by atoms with E-state index in [4.69, 9.17) is 9.47 Å². The van der Waals surface area contributed by atoms with E-state index in [9.17, 15) is 19.2 Å². The second-order valence-electron chi connectivity index (χ2n) is 8.47. The summed E-state index contributed by atoms with van der Waals surface area (Å²) in [6.45, 7) is 5.27. The first-order valence-corrected chi connectivity index (χ1v) is 13.2. The van der Waals surface area contributed by atoms with Crippen molar-refractivity contribution in [2.45, 2.75) is 51.1 Å². The third-order valence-corrected chi connectivity index (χ3v) is 8.68. The molecule has 0 aliphatic carbocycles. The molecule has 1 aromatic heterocycles. The monoisotopic (exact) mass is 517 g/mol. The van der Waals surface area contributed by atoms with Crippen LogP contribution in [-0.2, 0) is 30.4 Å². The minimum atomic E-state index is -0.701. The summed E-state index contributed by atoms with van der Waals surface area (Å²) in [7, 11) is 0. The molecular weight excluding hydrogens is 490 g/mol. The number of aryl methyl sites for hydroxylation is 1. The smallest absolute Gasteiger partial charge is 0.350 e. The van der Waals surface area contributed by atoms with Gasteiger partial charge in [0.05, 0.1) is 23.7 Å². The second-order valence-corrected chi connectivity index (χ2v) is 10.9. The van der Waals surface area contributed by atoms with Crippen molar-refractivity contribution >= 4 is 52.0 Å². The molecule has 2 atom stereocenters. The molecule has 2 aliphatic heterocycles. The summed E-state index contributed by atoms with van der Waals surface area (Å²) < 4.78 is 10.5. The van der Waals surface area contributed by atoms with E-state index >= 15 is 0 Å². The lowest BCUT2D eigenvalue weighted by Crippen LogP contribution is -2.47. The first kappa shape index (κ1) is 25.2. The van der Waals surface area contributed by atoms with E-state index in [1.54, 1.807) is 30.5 Å². The Morgan fingerprint density at radius 1 is 1.23 bits per heavy atom. The number of fused-ring (bicyclic) bond motifs is 1. The van der Waals surface area contributed by atoms with Gasteiger partial charge < -0.3 is 14.4 Å². The zero-order chi connectivity index (χ0) is 25.2. The molecule has 0 saturated carbocycles. The maximum absolute atomic E-state index is 13.3. The van der Waals surface area contributed by atoms with Gasteiger partial charge in [-0.05, 0) is 32.8 Å². The van der Waals surface area contributed by atoms with Crippen LogP contribution in [0.15, 0.2) is 30.3 Å². The number of rotatable bonds is 8. The molecule has 2 aliphatic rings. The van der Waals surface area contributed by atoms with Gasteiger partial charge in [-0.15, -0.1) is 11.8 Å². The highest BCUT2D eigenvalue weighted by molar-refractivity contribution is 8.01. The Balaban J connectivity index is 1.50. The summed E-state index contributed by atoms with van der Waals surface area (Å²) >= 11 is 2.62. The molecule has 11 heteroatoms. The number of anilines is 1. The molecule has 4 rings (SSSR count). The van der Waals surface area contributed by atoms with Crippen molar-refractivity contribution in [1.82, 2.24) is 9.88 Å². The zero-order valence-electron chi connectivity index (χ0n) is 19.8. The first-order valence-electron chi connectivity index (χ1n) is 11.3. The van der Waals surface area contributed by atoms with E-state index in [1.807, 2.05) is 37.3 Å². The third-order valence-electron chi connectivity index (χ3n) is 6.02. The number of thiazole rings is 1. The van der Waals surface area contributed by atoms with E-state index in [0.29, 0.717) is 34.3 Å². The number of hydrogen-bond donors (Lipinski definition) is 0. The minimum absolute atomic E-state index is 0.0683. The molecular formula is C24H27N3O6S2. The van der Waals surface area contributed by atoms with Crippen LogP contribution in [0.1, 0.15) is 47.6 Å². The van der Waals surface area contributed by atoms with Crippen LogP contribution >= 0.6 is 23.1 Å². The van der Waals surface area contributed by atoms with Gasteiger partial charge in [0.1, 0.15) is 10.9 Å². The van der Waals surface area contributed by atoms with Crippen LogP contribution in [0, 0.1) is 6.92 Å². The van der Waals surface area contributed by atoms with Gasteiger partial charge in [0.15, 0.2) is 11.7 Å². The quantitative estimate of drug-likeness (QED) is 0.492. The Kier molecular flexibility index (Phi) is 7.46. The Morgan fingerprint density at radius 2 is 1.97 bits per heavy atom. The van der Waals surface area contributed by atoms with Crippen LogP contribution in [0.25, 0.3) is 0 Å². The number of amides is 2. The van der Waals surface area contributed by atoms with Crippen LogP contribution in [-0.4, -0.2) is 63.5 Å². The highest BCUT2D eigenvalue weighted by Gasteiger charge is 2.53. The fourth-order valence-electron chi connectivity index (χ4n) is 4.21. The largest absolute Gasteiger partial charge is 0.462 e. The third kappa shape index (κ3) is 5.20. The van der Waals surface area contributed by atoms with Gasteiger partial charge in [0.25, 0.3) is 5.91 Å². The van der Waals surface area contributed by atoms with Crippen LogP contribution in [0.2, 0.25) is 0 Å². The Bertz CT molecular complexity index is 1140. The van der Waals surface area contributed by atoms with E-state index in [1.165, 1.54) is 4.90 Å². The maximum Gasteiger partial charge on any atom is 0.350 e. The number of carbonyl (C=O) groups excluding carboxylic acids is 4. The molecule has 0 bridgehead atoms. The summed E-state index contributed by atoms with van der Waals surface area (Å²) in [5, 5.41) is 0.314. The standard InChI is InChI=1S/C24H27N3O6S2/c1-4-32-22(31)20-15(2)25-23(35-20)26(12-16-8-6-5-7-9-16)19(29)13-33-21(30)17-14-34-24(3)11-10-18(28)27(17)24/h5-9,17H,4,10-14H2,1-3H3/t17-,24+/m1/s1. The minimum Gasteiger partial charge on any atom is -0.462 e. The van der Waals surface area contributed by atoms with Gasteiger partial charge in [-0.2, -0.15) is 0 Å². The van der Waals surface area contributed by atoms with Gasteiger partial charge in [-0.3, -0.25) is 14.5 Å². The zero-order valence-corrected chi connectivity index (χ0v) is 21.4. The number of benzene rings is 1. The van der Waals surface area contributed by atoms with Crippen LogP contribution in [0.3, 0.4) is 0 Å². The molecule has 0 radical (unpaired) electrons. The van der Waals surface area contributed by atoms with E-state index in [0.717, 1.165) is 16.9 Å². The predicted octanol–water partition coefficient (Wildman–Crippen LogP) is 3.16. The van der Waals surface area contributed by atoms with Crippen molar-refractivity contribution < 1.29 is 28.7 Å². The van der Waals surface area contributed by atoms with Crippen molar-refractivity contribution in [3.8, 4) is 0 Å².